The minimum atomic E-state index is -4.93. The monoisotopic (exact) mass is 1130 g/mol. The highest BCUT2D eigenvalue weighted by molar-refractivity contribution is 7.47. The quantitative estimate of drug-likeness (QED) is 0.0222. The van der Waals surface area contributed by atoms with E-state index in [1.807, 2.05) is 0 Å². The molecule has 0 aromatic heterocycles. The Balaban J connectivity index is 5.20. The van der Waals surface area contributed by atoms with Crippen LogP contribution in [0.4, 0.5) is 0 Å². The maximum absolute atomic E-state index is 12.9. The minimum absolute atomic E-state index is 0.102. The lowest BCUT2D eigenvalue weighted by molar-refractivity contribution is -0.161. The number of carbonyl (C=O) groups is 4. The summed E-state index contributed by atoms with van der Waals surface area (Å²) in [5.74, 6) is -0.732. The summed E-state index contributed by atoms with van der Waals surface area (Å²) in [5.41, 5.74) is 0. The molecule has 76 heavy (non-hydrogen) atoms. The van der Waals surface area contributed by atoms with E-state index in [4.69, 9.17) is 37.0 Å². The fraction of sp³-hybridized carbons (Fsp3) is 0.930. The number of esters is 4. The van der Waals surface area contributed by atoms with Gasteiger partial charge in [0.25, 0.3) is 0 Å². The normalized spacial score (nSPS) is 14.9. The molecule has 0 aliphatic carbocycles. The first-order valence-corrected chi connectivity index (χ1v) is 33.0. The van der Waals surface area contributed by atoms with Crippen molar-refractivity contribution in [1.29, 1.82) is 0 Å². The van der Waals surface area contributed by atoms with Gasteiger partial charge in [-0.3, -0.25) is 37.3 Å². The molecule has 17 nitrogen and oxygen atoms in total. The Labute approximate surface area is 460 Å². The van der Waals surface area contributed by atoms with Crippen LogP contribution in [0.5, 0.6) is 0 Å². The fourth-order valence-corrected chi connectivity index (χ4v) is 9.84. The molecule has 0 radical (unpaired) electrons. The van der Waals surface area contributed by atoms with E-state index in [-0.39, 0.29) is 25.7 Å². The van der Waals surface area contributed by atoms with Gasteiger partial charge in [0.1, 0.15) is 19.3 Å². The van der Waals surface area contributed by atoms with Crippen molar-refractivity contribution in [3.05, 3.63) is 0 Å². The molecule has 0 aromatic carbocycles. The zero-order valence-electron chi connectivity index (χ0n) is 48.5. The molecule has 0 aliphatic rings. The minimum Gasteiger partial charge on any atom is -0.462 e. The van der Waals surface area contributed by atoms with Gasteiger partial charge in [0.2, 0.25) is 0 Å². The summed E-state index contributed by atoms with van der Waals surface area (Å²) in [6.07, 6.45) is 29.8. The molecule has 6 atom stereocenters. The van der Waals surface area contributed by atoms with Crippen molar-refractivity contribution < 1.29 is 80.2 Å². The molecule has 19 heteroatoms. The third-order valence-electron chi connectivity index (χ3n) is 13.3. The van der Waals surface area contributed by atoms with Crippen molar-refractivity contribution in [2.75, 3.05) is 39.6 Å². The van der Waals surface area contributed by atoms with Crippen LogP contribution in [0.2, 0.25) is 0 Å². The van der Waals surface area contributed by atoms with Crippen LogP contribution in [-0.4, -0.2) is 96.7 Å². The number of phosphoric ester groups is 2. The van der Waals surface area contributed by atoms with Gasteiger partial charge in [-0.15, -0.1) is 0 Å². The van der Waals surface area contributed by atoms with Crippen LogP contribution in [0.1, 0.15) is 273 Å². The van der Waals surface area contributed by atoms with E-state index >= 15 is 0 Å². The fourth-order valence-electron chi connectivity index (χ4n) is 8.26. The van der Waals surface area contributed by atoms with Gasteiger partial charge in [-0.2, -0.15) is 0 Å². The highest BCUT2D eigenvalue weighted by Crippen LogP contribution is 2.45. The van der Waals surface area contributed by atoms with Gasteiger partial charge in [0, 0.05) is 25.7 Å². The number of hydrogen-bond donors (Lipinski definition) is 3. The summed E-state index contributed by atoms with van der Waals surface area (Å²) in [6.45, 7) is 9.24. The van der Waals surface area contributed by atoms with Gasteiger partial charge in [-0.1, -0.05) is 221 Å². The number of rotatable bonds is 56. The number of ether oxygens (including phenoxy) is 4. The first kappa shape index (κ1) is 74.1. The molecule has 3 unspecified atom stereocenters. The van der Waals surface area contributed by atoms with Crippen molar-refractivity contribution in [1.82, 2.24) is 0 Å². The van der Waals surface area contributed by atoms with E-state index < -0.39 is 97.5 Å². The maximum Gasteiger partial charge on any atom is 0.472 e. The van der Waals surface area contributed by atoms with Crippen molar-refractivity contribution in [3.8, 4) is 0 Å². The van der Waals surface area contributed by atoms with Crippen molar-refractivity contribution >= 4 is 39.5 Å². The second-order valence-corrected chi connectivity index (χ2v) is 24.3. The summed E-state index contributed by atoms with van der Waals surface area (Å²) in [7, 11) is -9.86. The lowest BCUT2D eigenvalue weighted by Gasteiger charge is -2.21. The number of carbonyl (C=O) groups excluding carboxylic acids is 4. The standard InChI is InChI=1S/C57H110O17P2/c1-7-10-12-14-15-16-17-18-21-29-35-41-56(61)73-53(46-68-55(60)40-34-28-22-19-20-26-31-37-49(4)5)48-72-76(65,66)70-44-51(58)43-69-75(63,64)71-47-52(45-67-54(59)39-33-25-13-11-8-2)74-57(62)42-36-30-24-23-27-32-38-50(6)9-3/h49-53,58H,7-48H2,1-6H3,(H,63,64)(H,65,66)/t50?,51-,52+,53+/m0/s1. The summed E-state index contributed by atoms with van der Waals surface area (Å²) in [5, 5.41) is 10.5. The van der Waals surface area contributed by atoms with E-state index in [2.05, 4.69) is 41.5 Å². The van der Waals surface area contributed by atoms with Crippen molar-refractivity contribution in [2.45, 2.75) is 291 Å². The molecule has 0 amide bonds. The van der Waals surface area contributed by atoms with E-state index in [0.717, 1.165) is 109 Å². The largest absolute Gasteiger partial charge is 0.472 e. The summed E-state index contributed by atoms with van der Waals surface area (Å²) < 4.78 is 67.5. The summed E-state index contributed by atoms with van der Waals surface area (Å²) in [6, 6.07) is 0. The second-order valence-electron chi connectivity index (χ2n) is 21.4. The van der Waals surface area contributed by atoms with E-state index in [1.54, 1.807) is 0 Å². The average molecular weight is 1130 g/mol. The zero-order valence-corrected chi connectivity index (χ0v) is 50.3. The van der Waals surface area contributed by atoms with Crippen LogP contribution in [0, 0.1) is 11.8 Å². The third-order valence-corrected chi connectivity index (χ3v) is 15.2. The van der Waals surface area contributed by atoms with Crippen molar-refractivity contribution in [3.63, 3.8) is 0 Å². The number of hydrogen-bond acceptors (Lipinski definition) is 15. The molecule has 0 bridgehead atoms. The summed E-state index contributed by atoms with van der Waals surface area (Å²) >= 11 is 0. The van der Waals surface area contributed by atoms with Gasteiger partial charge < -0.3 is 33.8 Å². The van der Waals surface area contributed by atoms with E-state index in [9.17, 15) is 43.2 Å². The molecule has 3 N–H and O–H groups in total. The predicted octanol–water partition coefficient (Wildman–Crippen LogP) is 14.9. The topological polar surface area (TPSA) is 237 Å². The number of aliphatic hydroxyl groups is 1. The van der Waals surface area contributed by atoms with Gasteiger partial charge in [-0.05, 0) is 37.5 Å². The van der Waals surface area contributed by atoms with Crippen LogP contribution in [0.3, 0.4) is 0 Å². The van der Waals surface area contributed by atoms with E-state index in [0.29, 0.717) is 31.6 Å². The van der Waals surface area contributed by atoms with Crippen LogP contribution in [0.25, 0.3) is 0 Å². The average Bonchev–Trinajstić information content (AvgIpc) is 3.38. The lowest BCUT2D eigenvalue weighted by atomic mass is 10.00. The zero-order chi connectivity index (χ0) is 56.6. The smallest absolute Gasteiger partial charge is 0.462 e. The van der Waals surface area contributed by atoms with Crippen LogP contribution in [0.15, 0.2) is 0 Å². The highest BCUT2D eigenvalue weighted by atomic mass is 31.2. The summed E-state index contributed by atoms with van der Waals surface area (Å²) in [4.78, 5) is 71.6. The molecule has 0 fully saturated rings. The maximum atomic E-state index is 12.9. The van der Waals surface area contributed by atoms with Crippen molar-refractivity contribution in [2.24, 2.45) is 11.8 Å². The van der Waals surface area contributed by atoms with Gasteiger partial charge >= 0.3 is 39.5 Å². The van der Waals surface area contributed by atoms with Gasteiger partial charge in [0.15, 0.2) is 12.2 Å². The number of phosphoric acid groups is 2. The Hall–Kier alpha value is -1.94. The number of aliphatic hydroxyl groups excluding tert-OH is 1. The first-order valence-electron chi connectivity index (χ1n) is 30.0. The Morgan fingerprint density at radius 2 is 0.671 bits per heavy atom. The molecule has 0 aromatic rings. The lowest BCUT2D eigenvalue weighted by Crippen LogP contribution is -2.30. The van der Waals surface area contributed by atoms with Gasteiger partial charge in [0.05, 0.1) is 26.4 Å². The molecule has 450 valence electrons. The molecular weight excluding hydrogens is 1020 g/mol. The van der Waals surface area contributed by atoms with Gasteiger partial charge in [-0.25, -0.2) is 9.13 Å². The molecule has 0 saturated carbocycles. The third kappa shape index (κ3) is 50.3. The molecule has 0 rings (SSSR count). The van der Waals surface area contributed by atoms with Crippen LogP contribution >= 0.6 is 15.6 Å². The molecule has 0 aliphatic heterocycles. The second kappa shape index (κ2) is 50.1. The molecule has 0 heterocycles. The predicted molar refractivity (Wildman–Crippen MR) is 298 cm³/mol. The van der Waals surface area contributed by atoms with Crippen LogP contribution in [-0.2, 0) is 65.4 Å². The Kier molecular flexibility index (Phi) is 48.8. The first-order chi connectivity index (χ1) is 36.4. The highest BCUT2D eigenvalue weighted by Gasteiger charge is 2.30. The SMILES string of the molecule is CCCCCCCCCCCCCC(=O)O[C@H](COC(=O)CCCCCCCCCC(C)C)COP(=O)(O)OC[C@@H](O)COP(=O)(O)OC[C@@H](COC(=O)CCCCCCC)OC(=O)CCCCCCCCC(C)CC. The number of unbranched alkanes of at least 4 members (excludes halogenated alkanes) is 25. The Morgan fingerprint density at radius 3 is 1.00 bits per heavy atom. The Bertz CT molecular complexity index is 1520. The molecular formula is C57H110O17P2. The molecule has 0 spiro atoms. The molecule has 0 saturated heterocycles. The Morgan fingerprint density at radius 1 is 0.382 bits per heavy atom. The van der Waals surface area contributed by atoms with Crippen LogP contribution < -0.4 is 0 Å². The van der Waals surface area contributed by atoms with E-state index in [1.165, 1.54) is 77.0 Å².